The van der Waals surface area contributed by atoms with E-state index in [1.54, 1.807) is 0 Å². The first kappa shape index (κ1) is 11.7. The first-order valence-corrected chi connectivity index (χ1v) is 5.44. The molecule has 1 fully saturated rings. The third-order valence-electron chi connectivity index (χ3n) is 2.60. The molecule has 0 bridgehead atoms. The molecule has 1 rings (SSSR count). The Hall–Kier alpha value is -0.380. The van der Waals surface area contributed by atoms with Gasteiger partial charge in [-0.05, 0) is 25.7 Å². The van der Waals surface area contributed by atoms with Gasteiger partial charge in [0.1, 0.15) is 0 Å². The predicted octanol–water partition coefficient (Wildman–Crippen LogP) is 1.08. The number of ether oxygens (including phenoxy) is 1. The fourth-order valence-corrected chi connectivity index (χ4v) is 1.76. The number of hydrogen-bond donors (Lipinski definition) is 2. The molecule has 1 aliphatic rings. The standard InChI is InChI=1S/C11H21NO2/c1-2-3-8-14-9-7-12-10-5-4-6-11(10)13/h2,10-13H,1,3-9H2/t10-,11-/m0/s1. The van der Waals surface area contributed by atoms with Crippen molar-refractivity contribution in [1.29, 1.82) is 0 Å². The van der Waals surface area contributed by atoms with Gasteiger partial charge in [0.25, 0.3) is 0 Å². The minimum atomic E-state index is -0.150. The lowest BCUT2D eigenvalue weighted by Crippen LogP contribution is -2.37. The van der Waals surface area contributed by atoms with Crippen LogP contribution in [0, 0.1) is 0 Å². The van der Waals surface area contributed by atoms with Gasteiger partial charge >= 0.3 is 0 Å². The summed E-state index contributed by atoms with van der Waals surface area (Å²) in [6.07, 6.45) is 5.78. The van der Waals surface area contributed by atoms with Crippen LogP contribution in [0.15, 0.2) is 12.7 Å². The quantitative estimate of drug-likeness (QED) is 0.476. The number of nitrogens with one attached hydrogen (secondary N) is 1. The minimum absolute atomic E-state index is 0.150. The highest BCUT2D eigenvalue weighted by atomic mass is 16.5. The number of rotatable bonds is 7. The summed E-state index contributed by atoms with van der Waals surface area (Å²) in [7, 11) is 0. The van der Waals surface area contributed by atoms with Gasteiger partial charge < -0.3 is 15.2 Å². The third kappa shape index (κ3) is 4.22. The van der Waals surface area contributed by atoms with Crippen LogP contribution < -0.4 is 5.32 Å². The van der Waals surface area contributed by atoms with E-state index in [0.29, 0.717) is 0 Å². The van der Waals surface area contributed by atoms with E-state index in [2.05, 4.69) is 11.9 Å². The molecule has 1 saturated carbocycles. The average molecular weight is 199 g/mol. The molecule has 0 aliphatic heterocycles. The molecule has 82 valence electrons. The minimum Gasteiger partial charge on any atom is -0.392 e. The fraction of sp³-hybridized carbons (Fsp3) is 0.818. The van der Waals surface area contributed by atoms with Gasteiger partial charge in [-0.2, -0.15) is 0 Å². The second-order valence-electron chi connectivity index (χ2n) is 3.75. The maximum atomic E-state index is 9.51. The molecule has 14 heavy (non-hydrogen) atoms. The van der Waals surface area contributed by atoms with Crippen molar-refractivity contribution in [2.45, 2.75) is 37.8 Å². The summed E-state index contributed by atoms with van der Waals surface area (Å²) in [4.78, 5) is 0. The summed E-state index contributed by atoms with van der Waals surface area (Å²) < 4.78 is 5.35. The molecule has 0 heterocycles. The molecule has 0 aromatic rings. The van der Waals surface area contributed by atoms with Crippen LogP contribution in [0.1, 0.15) is 25.7 Å². The van der Waals surface area contributed by atoms with Gasteiger partial charge in [-0.15, -0.1) is 6.58 Å². The van der Waals surface area contributed by atoms with E-state index < -0.39 is 0 Å². The Kier molecular flexibility index (Phi) is 5.83. The highest BCUT2D eigenvalue weighted by Crippen LogP contribution is 2.18. The molecule has 2 N–H and O–H groups in total. The predicted molar refractivity (Wildman–Crippen MR) is 57.3 cm³/mol. The van der Waals surface area contributed by atoms with Crippen LogP contribution in [0.3, 0.4) is 0 Å². The summed E-state index contributed by atoms with van der Waals surface area (Å²) >= 11 is 0. The first-order valence-electron chi connectivity index (χ1n) is 5.44. The van der Waals surface area contributed by atoms with Crippen LogP contribution in [-0.2, 0) is 4.74 Å². The van der Waals surface area contributed by atoms with Crippen LogP contribution >= 0.6 is 0 Å². The molecule has 1 aliphatic carbocycles. The number of hydrogen-bond acceptors (Lipinski definition) is 3. The smallest absolute Gasteiger partial charge is 0.0693 e. The zero-order chi connectivity index (χ0) is 10.2. The summed E-state index contributed by atoms with van der Waals surface area (Å²) in [5.41, 5.74) is 0. The molecule has 0 aromatic carbocycles. The Morgan fingerprint density at radius 2 is 2.29 bits per heavy atom. The van der Waals surface area contributed by atoms with Crippen molar-refractivity contribution in [2.75, 3.05) is 19.8 Å². The van der Waals surface area contributed by atoms with Gasteiger partial charge in [0.05, 0.1) is 19.3 Å². The maximum Gasteiger partial charge on any atom is 0.0693 e. The lowest BCUT2D eigenvalue weighted by atomic mass is 10.2. The van der Waals surface area contributed by atoms with Crippen molar-refractivity contribution < 1.29 is 9.84 Å². The topological polar surface area (TPSA) is 41.5 Å². The molecular formula is C11H21NO2. The molecule has 0 amide bonds. The van der Waals surface area contributed by atoms with Crippen LogP contribution in [0.5, 0.6) is 0 Å². The highest BCUT2D eigenvalue weighted by molar-refractivity contribution is 4.82. The zero-order valence-corrected chi connectivity index (χ0v) is 8.74. The van der Waals surface area contributed by atoms with Crippen molar-refractivity contribution in [3.63, 3.8) is 0 Å². The molecule has 0 radical (unpaired) electrons. The van der Waals surface area contributed by atoms with E-state index in [-0.39, 0.29) is 12.1 Å². The van der Waals surface area contributed by atoms with Gasteiger partial charge in [-0.25, -0.2) is 0 Å². The Morgan fingerprint density at radius 3 is 2.93 bits per heavy atom. The number of aliphatic hydroxyl groups is 1. The summed E-state index contributed by atoms with van der Waals surface area (Å²) in [6, 6.07) is 0.290. The second-order valence-corrected chi connectivity index (χ2v) is 3.75. The molecule has 0 spiro atoms. The van der Waals surface area contributed by atoms with Crippen LogP contribution in [0.25, 0.3) is 0 Å². The lowest BCUT2D eigenvalue weighted by Gasteiger charge is -2.16. The molecular weight excluding hydrogens is 178 g/mol. The van der Waals surface area contributed by atoms with Crippen LogP contribution in [0.4, 0.5) is 0 Å². The van der Waals surface area contributed by atoms with Crippen molar-refractivity contribution in [1.82, 2.24) is 5.32 Å². The Labute approximate surface area is 86.2 Å². The van der Waals surface area contributed by atoms with Crippen LogP contribution in [0.2, 0.25) is 0 Å². The average Bonchev–Trinajstić information content (AvgIpc) is 2.58. The fourth-order valence-electron chi connectivity index (χ4n) is 1.76. The van der Waals surface area contributed by atoms with E-state index >= 15 is 0 Å². The van der Waals surface area contributed by atoms with E-state index in [4.69, 9.17) is 4.74 Å². The van der Waals surface area contributed by atoms with Crippen molar-refractivity contribution in [3.8, 4) is 0 Å². The largest absolute Gasteiger partial charge is 0.392 e. The normalized spacial score (nSPS) is 26.6. The summed E-state index contributed by atoms with van der Waals surface area (Å²) in [5, 5.41) is 12.8. The molecule has 3 heteroatoms. The van der Waals surface area contributed by atoms with E-state index in [1.807, 2.05) is 6.08 Å². The van der Waals surface area contributed by atoms with E-state index in [1.165, 1.54) is 0 Å². The Bertz CT molecular complexity index is 161. The SMILES string of the molecule is C=CCCOCCN[C@H]1CCC[C@@H]1O. The lowest BCUT2D eigenvalue weighted by molar-refractivity contribution is 0.120. The molecule has 2 atom stereocenters. The molecule has 0 aromatic heterocycles. The zero-order valence-electron chi connectivity index (χ0n) is 8.74. The van der Waals surface area contributed by atoms with Gasteiger partial charge in [0.2, 0.25) is 0 Å². The van der Waals surface area contributed by atoms with Crippen molar-refractivity contribution in [3.05, 3.63) is 12.7 Å². The van der Waals surface area contributed by atoms with Gasteiger partial charge in [-0.1, -0.05) is 6.08 Å². The summed E-state index contributed by atoms with van der Waals surface area (Å²) in [5.74, 6) is 0. The molecule has 0 unspecified atom stereocenters. The van der Waals surface area contributed by atoms with Crippen LogP contribution in [-0.4, -0.2) is 37.0 Å². The van der Waals surface area contributed by atoms with Gasteiger partial charge in [0, 0.05) is 12.6 Å². The van der Waals surface area contributed by atoms with E-state index in [9.17, 15) is 5.11 Å². The molecule has 3 nitrogen and oxygen atoms in total. The second kappa shape index (κ2) is 6.98. The maximum absolute atomic E-state index is 9.51. The van der Waals surface area contributed by atoms with Gasteiger partial charge in [0.15, 0.2) is 0 Å². The summed E-state index contributed by atoms with van der Waals surface area (Å²) in [6.45, 7) is 5.92. The van der Waals surface area contributed by atoms with Crippen molar-refractivity contribution >= 4 is 0 Å². The third-order valence-corrected chi connectivity index (χ3v) is 2.60. The Balaban J connectivity index is 1.90. The first-order chi connectivity index (χ1) is 6.84. The van der Waals surface area contributed by atoms with E-state index in [0.717, 1.165) is 45.4 Å². The van der Waals surface area contributed by atoms with Crippen molar-refractivity contribution in [2.24, 2.45) is 0 Å². The molecule has 0 saturated heterocycles. The monoisotopic (exact) mass is 199 g/mol. The highest BCUT2D eigenvalue weighted by Gasteiger charge is 2.23. The Morgan fingerprint density at radius 1 is 1.43 bits per heavy atom. The van der Waals surface area contributed by atoms with Gasteiger partial charge in [-0.3, -0.25) is 0 Å². The number of aliphatic hydroxyl groups excluding tert-OH is 1.